The number of alkyl halides is 1. The lowest BCUT2D eigenvalue weighted by Gasteiger charge is -2.24. The highest BCUT2D eigenvalue weighted by atomic mass is 79.9. The van der Waals surface area contributed by atoms with Crippen LogP contribution in [0.3, 0.4) is 0 Å². The number of hydrogen-bond acceptors (Lipinski definition) is 3. The average Bonchev–Trinajstić information content (AvgIpc) is 2.77. The summed E-state index contributed by atoms with van der Waals surface area (Å²) in [6.07, 6.45) is 1.40. The number of aryl methyl sites for hydroxylation is 1. The van der Waals surface area contributed by atoms with E-state index in [-0.39, 0.29) is 11.8 Å². The number of hydrogen-bond donors (Lipinski definition) is 1. The van der Waals surface area contributed by atoms with Gasteiger partial charge in [0, 0.05) is 23.2 Å². The van der Waals surface area contributed by atoms with Crippen molar-refractivity contribution in [3.05, 3.63) is 28.5 Å². The van der Waals surface area contributed by atoms with Gasteiger partial charge in [-0.3, -0.25) is 14.9 Å². The summed E-state index contributed by atoms with van der Waals surface area (Å²) >= 11 is 9.29. The quantitative estimate of drug-likeness (QED) is 0.667. The first kappa shape index (κ1) is 14.5. The topological polar surface area (TPSA) is 64.0 Å². The van der Waals surface area contributed by atoms with Gasteiger partial charge in [-0.25, -0.2) is 4.98 Å². The van der Waals surface area contributed by atoms with Crippen molar-refractivity contribution >= 4 is 50.4 Å². The predicted octanol–water partition coefficient (Wildman–Crippen LogP) is 2.56. The van der Waals surface area contributed by atoms with Crippen molar-refractivity contribution < 1.29 is 9.59 Å². The summed E-state index contributed by atoms with van der Waals surface area (Å²) in [5, 5.41) is 2.40. The monoisotopic (exact) mass is 369 g/mol. The van der Waals surface area contributed by atoms with Gasteiger partial charge in [-0.2, -0.15) is 0 Å². The summed E-state index contributed by atoms with van der Waals surface area (Å²) in [5.41, 5.74) is 1.70. The number of fused-ring (bicyclic) bond motifs is 1. The van der Waals surface area contributed by atoms with E-state index in [9.17, 15) is 9.59 Å². The molecule has 0 spiro atoms. The molecule has 0 saturated carbocycles. The highest BCUT2D eigenvalue weighted by Gasteiger charge is 2.30. The maximum Gasteiger partial charge on any atom is 0.249 e. The van der Waals surface area contributed by atoms with E-state index in [0.29, 0.717) is 25.1 Å². The van der Waals surface area contributed by atoms with E-state index in [4.69, 9.17) is 11.6 Å². The number of benzene rings is 1. The molecule has 1 aromatic heterocycles. The molecule has 2 aromatic rings. The molecule has 1 N–H and O–H groups in total. The predicted molar refractivity (Wildman–Crippen MR) is 83.3 cm³/mol. The molecule has 1 saturated heterocycles. The van der Waals surface area contributed by atoms with Crippen molar-refractivity contribution in [2.24, 2.45) is 0 Å². The van der Waals surface area contributed by atoms with Crippen LogP contribution >= 0.6 is 27.5 Å². The third-order valence-corrected chi connectivity index (χ3v) is 4.25. The van der Waals surface area contributed by atoms with E-state index in [1.54, 1.807) is 0 Å². The number of nitrogens with zero attached hydrogens (tertiary/aromatic N) is 2. The molecule has 0 bridgehead atoms. The molecular formula is C14H13BrClN3O2. The van der Waals surface area contributed by atoms with Crippen LogP contribution in [0, 0.1) is 0 Å². The third kappa shape index (κ3) is 2.70. The number of rotatable bonds is 3. The molecule has 2 amide bonds. The maximum absolute atomic E-state index is 12.2. The molecule has 5 nitrogen and oxygen atoms in total. The Hall–Kier alpha value is -1.40. The van der Waals surface area contributed by atoms with Crippen LogP contribution in [0.2, 0.25) is 0 Å². The minimum atomic E-state index is -0.416. The molecule has 1 fully saturated rings. The van der Waals surface area contributed by atoms with Gasteiger partial charge in [-0.05, 0) is 24.6 Å². The largest absolute Gasteiger partial charge is 0.315 e. The van der Waals surface area contributed by atoms with Gasteiger partial charge in [-0.1, -0.05) is 15.9 Å². The van der Waals surface area contributed by atoms with Crippen LogP contribution in [0.1, 0.15) is 24.7 Å². The lowest BCUT2D eigenvalue weighted by molar-refractivity contribution is -0.135. The van der Waals surface area contributed by atoms with Crippen LogP contribution in [0.15, 0.2) is 22.7 Å². The zero-order chi connectivity index (χ0) is 15.0. The van der Waals surface area contributed by atoms with Crippen molar-refractivity contribution in [3.63, 3.8) is 0 Å². The normalized spacial score (nSPS) is 19.0. The van der Waals surface area contributed by atoms with Crippen molar-refractivity contribution in [3.8, 4) is 0 Å². The number of piperidine rings is 1. The molecule has 0 aliphatic carbocycles. The fourth-order valence-electron chi connectivity index (χ4n) is 2.65. The van der Waals surface area contributed by atoms with Gasteiger partial charge in [0.05, 0.1) is 11.0 Å². The van der Waals surface area contributed by atoms with Crippen LogP contribution in [-0.2, 0) is 16.0 Å². The molecule has 21 heavy (non-hydrogen) atoms. The molecule has 1 aromatic carbocycles. The Bertz CT molecular complexity index is 728. The number of amides is 2. The molecule has 7 heteroatoms. The van der Waals surface area contributed by atoms with E-state index < -0.39 is 6.04 Å². The zero-order valence-corrected chi connectivity index (χ0v) is 13.4. The molecule has 1 aliphatic heterocycles. The molecular weight excluding hydrogens is 358 g/mol. The van der Waals surface area contributed by atoms with Gasteiger partial charge in [-0.15, -0.1) is 11.6 Å². The van der Waals surface area contributed by atoms with Gasteiger partial charge in [0.2, 0.25) is 11.8 Å². The second-order valence-corrected chi connectivity index (χ2v) is 6.23. The van der Waals surface area contributed by atoms with Crippen LogP contribution in [0.5, 0.6) is 0 Å². The van der Waals surface area contributed by atoms with Gasteiger partial charge in [0.1, 0.15) is 11.9 Å². The standard InChI is InChI=1S/C14H13BrClN3O2/c15-8-1-2-9-11(7-8)19(12(17-9)5-6-16)10-3-4-13(20)18-14(10)21/h1-2,7,10H,3-6H2,(H,18,20,21). The molecule has 1 unspecified atom stereocenters. The number of imide groups is 1. The van der Waals surface area contributed by atoms with E-state index in [1.165, 1.54) is 0 Å². The van der Waals surface area contributed by atoms with Crippen molar-refractivity contribution in [1.29, 1.82) is 0 Å². The first-order valence-electron chi connectivity index (χ1n) is 6.66. The van der Waals surface area contributed by atoms with Crippen LogP contribution < -0.4 is 5.32 Å². The van der Waals surface area contributed by atoms with Crippen LogP contribution in [0.4, 0.5) is 0 Å². The third-order valence-electron chi connectivity index (χ3n) is 3.56. The summed E-state index contributed by atoms with van der Waals surface area (Å²) in [6, 6.07) is 5.33. The number of aromatic nitrogens is 2. The Morgan fingerprint density at radius 1 is 1.43 bits per heavy atom. The number of imidazole rings is 1. The summed E-state index contributed by atoms with van der Waals surface area (Å²) in [4.78, 5) is 28.1. The molecule has 3 rings (SSSR count). The van der Waals surface area contributed by atoms with Crippen LogP contribution in [0.25, 0.3) is 11.0 Å². The van der Waals surface area contributed by atoms with E-state index >= 15 is 0 Å². The Morgan fingerprint density at radius 3 is 2.95 bits per heavy atom. The van der Waals surface area contributed by atoms with Crippen molar-refractivity contribution in [1.82, 2.24) is 14.9 Å². The Balaban J connectivity index is 2.14. The second-order valence-electron chi connectivity index (χ2n) is 4.94. The smallest absolute Gasteiger partial charge is 0.249 e. The number of carbonyl (C=O) groups is 2. The lowest BCUT2D eigenvalue weighted by Crippen LogP contribution is -2.42. The summed E-state index contributed by atoms with van der Waals surface area (Å²) in [5.74, 6) is 0.701. The lowest BCUT2D eigenvalue weighted by atomic mass is 10.1. The Morgan fingerprint density at radius 2 is 2.24 bits per heavy atom. The van der Waals surface area contributed by atoms with Gasteiger partial charge in [0.15, 0.2) is 0 Å². The highest BCUT2D eigenvalue weighted by molar-refractivity contribution is 9.10. The number of halogens is 2. The molecule has 0 radical (unpaired) electrons. The minimum Gasteiger partial charge on any atom is -0.315 e. The molecule has 2 heterocycles. The van der Waals surface area contributed by atoms with E-state index in [2.05, 4.69) is 26.2 Å². The average molecular weight is 371 g/mol. The Labute approximate surface area is 134 Å². The maximum atomic E-state index is 12.2. The SMILES string of the molecule is O=C1CCC(n2c(CCCl)nc3ccc(Br)cc32)C(=O)N1. The van der Waals surface area contributed by atoms with Crippen molar-refractivity contribution in [2.45, 2.75) is 25.3 Å². The summed E-state index contributed by atoms with van der Waals surface area (Å²) in [6.45, 7) is 0. The fraction of sp³-hybridized carbons (Fsp3) is 0.357. The zero-order valence-electron chi connectivity index (χ0n) is 11.1. The van der Waals surface area contributed by atoms with Gasteiger partial charge < -0.3 is 4.57 Å². The summed E-state index contributed by atoms with van der Waals surface area (Å²) in [7, 11) is 0. The molecule has 1 atom stereocenters. The number of carbonyl (C=O) groups excluding carboxylic acids is 2. The molecule has 1 aliphatic rings. The van der Waals surface area contributed by atoms with Crippen molar-refractivity contribution in [2.75, 3.05) is 5.88 Å². The first-order chi connectivity index (χ1) is 10.1. The van der Waals surface area contributed by atoms with Crippen LogP contribution in [-0.4, -0.2) is 27.2 Å². The highest BCUT2D eigenvalue weighted by Crippen LogP contribution is 2.28. The summed E-state index contributed by atoms with van der Waals surface area (Å²) < 4.78 is 2.82. The van der Waals surface area contributed by atoms with E-state index in [1.807, 2.05) is 22.8 Å². The first-order valence-corrected chi connectivity index (χ1v) is 7.99. The second kappa shape index (κ2) is 5.77. The minimum absolute atomic E-state index is 0.222. The van der Waals surface area contributed by atoms with Gasteiger partial charge >= 0.3 is 0 Å². The molecule has 110 valence electrons. The van der Waals surface area contributed by atoms with E-state index in [0.717, 1.165) is 21.3 Å². The van der Waals surface area contributed by atoms with Gasteiger partial charge in [0.25, 0.3) is 0 Å². The number of nitrogens with one attached hydrogen (secondary N) is 1. The fourth-order valence-corrected chi connectivity index (χ4v) is 3.17. The Kier molecular flexibility index (Phi) is 3.99.